The van der Waals surface area contributed by atoms with Crippen LogP contribution in [0.3, 0.4) is 0 Å². The Morgan fingerprint density at radius 3 is 2.76 bits per heavy atom. The van der Waals surface area contributed by atoms with Crippen LogP contribution in [0.4, 0.5) is 0 Å². The first-order valence-corrected chi connectivity index (χ1v) is 9.49. The summed E-state index contributed by atoms with van der Waals surface area (Å²) in [6, 6.07) is 15.4. The van der Waals surface area contributed by atoms with Gasteiger partial charge in [-0.15, -0.1) is 0 Å². The third kappa shape index (κ3) is 3.50. The van der Waals surface area contributed by atoms with Gasteiger partial charge in [-0.25, -0.2) is 0 Å². The molecule has 0 bridgehead atoms. The molecule has 25 heavy (non-hydrogen) atoms. The predicted molar refractivity (Wildman–Crippen MR) is 104 cm³/mol. The summed E-state index contributed by atoms with van der Waals surface area (Å²) < 4.78 is 5.56. The highest BCUT2D eigenvalue weighted by Gasteiger charge is 2.18. The number of methoxy groups -OCH3 is 1. The van der Waals surface area contributed by atoms with Crippen LogP contribution >= 0.6 is 0 Å². The van der Waals surface area contributed by atoms with Crippen LogP contribution in [-0.2, 0) is 19.4 Å². The van der Waals surface area contributed by atoms with E-state index in [4.69, 9.17) is 4.74 Å². The Morgan fingerprint density at radius 2 is 1.88 bits per heavy atom. The van der Waals surface area contributed by atoms with Crippen LogP contribution in [0.2, 0.25) is 0 Å². The van der Waals surface area contributed by atoms with Gasteiger partial charge in [0, 0.05) is 18.7 Å². The Hall–Kier alpha value is -2.06. The summed E-state index contributed by atoms with van der Waals surface area (Å²) in [6.07, 6.45) is 8.26. The van der Waals surface area contributed by atoms with Gasteiger partial charge in [-0.3, -0.25) is 4.90 Å². The van der Waals surface area contributed by atoms with Gasteiger partial charge in [0.05, 0.1) is 7.11 Å². The minimum Gasteiger partial charge on any atom is -0.496 e. The molecule has 0 saturated heterocycles. The van der Waals surface area contributed by atoms with Crippen LogP contribution in [0, 0.1) is 0 Å². The van der Waals surface area contributed by atoms with E-state index in [0.29, 0.717) is 0 Å². The van der Waals surface area contributed by atoms with Crippen molar-refractivity contribution in [3.8, 4) is 5.75 Å². The monoisotopic (exact) mass is 333 g/mol. The molecule has 0 N–H and O–H groups in total. The molecule has 1 aliphatic heterocycles. The number of rotatable bonds is 5. The molecule has 130 valence electrons. The highest BCUT2D eigenvalue weighted by Crippen LogP contribution is 2.35. The quantitative estimate of drug-likeness (QED) is 0.774. The maximum Gasteiger partial charge on any atom is 0.122 e. The molecule has 1 aliphatic carbocycles. The lowest BCUT2D eigenvalue weighted by atomic mass is 9.88. The van der Waals surface area contributed by atoms with Crippen molar-refractivity contribution in [1.82, 2.24) is 4.90 Å². The molecule has 0 aromatic heterocycles. The van der Waals surface area contributed by atoms with Gasteiger partial charge < -0.3 is 4.74 Å². The zero-order valence-electron chi connectivity index (χ0n) is 15.1. The molecule has 1 heterocycles. The van der Waals surface area contributed by atoms with E-state index in [1.165, 1.54) is 53.8 Å². The van der Waals surface area contributed by atoms with Gasteiger partial charge >= 0.3 is 0 Å². The number of hydrogen-bond acceptors (Lipinski definition) is 2. The Kier molecular flexibility index (Phi) is 4.89. The van der Waals surface area contributed by atoms with E-state index in [1.807, 2.05) is 0 Å². The summed E-state index contributed by atoms with van der Waals surface area (Å²) in [5.74, 6) is 1.05. The second-order valence-electron chi connectivity index (χ2n) is 7.15. The lowest BCUT2D eigenvalue weighted by Crippen LogP contribution is -2.31. The molecular weight excluding hydrogens is 306 g/mol. The zero-order chi connectivity index (χ0) is 17.1. The van der Waals surface area contributed by atoms with Gasteiger partial charge in [-0.05, 0) is 67.0 Å². The molecule has 2 aromatic carbocycles. The summed E-state index contributed by atoms with van der Waals surface area (Å²) in [5, 5.41) is 0. The van der Waals surface area contributed by atoms with Crippen LogP contribution in [0.5, 0.6) is 5.75 Å². The number of fused-ring (bicyclic) bond motifs is 2. The molecule has 2 aromatic rings. The van der Waals surface area contributed by atoms with Gasteiger partial charge in [0.25, 0.3) is 0 Å². The van der Waals surface area contributed by atoms with E-state index in [9.17, 15) is 0 Å². The Labute approximate surface area is 151 Å². The minimum atomic E-state index is 1.05. The summed E-state index contributed by atoms with van der Waals surface area (Å²) in [6.45, 7) is 3.49. The SMILES string of the molecule is COc1cccc2c1CCC=C2CCCN1CCc2ccccc2C1. The van der Waals surface area contributed by atoms with Crippen molar-refractivity contribution in [2.45, 2.75) is 38.6 Å². The minimum absolute atomic E-state index is 1.05. The summed E-state index contributed by atoms with van der Waals surface area (Å²) >= 11 is 0. The molecule has 0 spiro atoms. The van der Waals surface area contributed by atoms with Gasteiger partial charge in [0.15, 0.2) is 0 Å². The molecule has 2 nitrogen and oxygen atoms in total. The maximum atomic E-state index is 5.56. The van der Waals surface area contributed by atoms with E-state index in [-0.39, 0.29) is 0 Å². The van der Waals surface area contributed by atoms with Crippen molar-refractivity contribution in [2.75, 3.05) is 20.2 Å². The van der Waals surface area contributed by atoms with Crippen molar-refractivity contribution in [3.63, 3.8) is 0 Å². The standard InChI is InChI=1S/C23H27NO/c1-25-23-13-5-11-21-19(9-4-12-22(21)23)10-6-15-24-16-14-18-7-2-3-8-20(18)17-24/h2-3,5,7-9,11,13H,4,6,10,12,14-17H2,1H3. The first kappa shape index (κ1) is 16.4. The van der Waals surface area contributed by atoms with Crippen molar-refractivity contribution >= 4 is 5.57 Å². The lowest BCUT2D eigenvalue weighted by molar-refractivity contribution is 0.252. The van der Waals surface area contributed by atoms with Crippen LogP contribution in [0.25, 0.3) is 5.57 Å². The van der Waals surface area contributed by atoms with Gasteiger partial charge in [-0.2, -0.15) is 0 Å². The molecular formula is C23H27NO. The lowest BCUT2D eigenvalue weighted by Gasteiger charge is -2.29. The molecule has 0 saturated carbocycles. The largest absolute Gasteiger partial charge is 0.496 e. The van der Waals surface area contributed by atoms with Gasteiger partial charge in [-0.1, -0.05) is 42.5 Å². The number of nitrogens with zero attached hydrogens (tertiary/aromatic N) is 1. The number of benzene rings is 2. The smallest absolute Gasteiger partial charge is 0.122 e. The Bertz CT molecular complexity index is 777. The highest BCUT2D eigenvalue weighted by molar-refractivity contribution is 5.72. The normalized spacial score (nSPS) is 16.8. The van der Waals surface area contributed by atoms with E-state index in [2.05, 4.69) is 53.4 Å². The molecule has 0 fully saturated rings. The average Bonchev–Trinajstić information content (AvgIpc) is 2.67. The first-order chi connectivity index (χ1) is 12.3. The maximum absolute atomic E-state index is 5.56. The number of ether oxygens (including phenoxy) is 1. The van der Waals surface area contributed by atoms with Crippen molar-refractivity contribution < 1.29 is 4.74 Å². The molecule has 0 atom stereocenters. The van der Waals surface area contributed by atoms with Crippen LogP contribution in [-0.4, -0.2) is 25.1 Å². The third-order valence-electron chi connectivity index (χ3n) is 5.61. The zero-order valence-corrected chi connectivity index (χ0v) is 15.1. The fourth-order valence-electron chi connectivity index (χ4n) is 4.29. The fourth-order valence-corrected chi connectivity index (χ4v) is 4.29. The van der Waals surface area contributed by atoms with Crippen LogP contribution in [0.1, 0.15) is 41.5 Å². The summed E-state index contributed by atoms with van der Waals surface area (Å²) in [4.78, 5) is 2.61. The average molecular weight is 333 g/mol. The molecule has 0 unspecified atom stereocenters. The molecule has 2 aliphatic rings. The first-order valence-electron chi connectivity index (χ1n) is 9.49. The summed E-state index contributed by atoms with van der Waals surface area (Å²) in [7, 11) is 1.78. The Morgan fingerprint density at radius 1 is 1.00 bits per heavy atom. The van der Waals surface area contributed by atoms with Crippen LogP contribution in [0.15, 0.2) is 48.5 Å². The highest BCUT2D eigenvalue weighted by atomic mass is 16.5. The van der Waals surface area contributed by atoms with Gasteiger partial charge in [0.1, 0.15) is 5.75 Å². The van der Waals surface area contributed by atoms with Crippen molar-refractivity contribution in [3.05, 3.63) is 70.8 Å². The topological polar surface area (TPSA) is 12.5 Å². The predicted octanol–water partition coefficient (Wildman–Crippen LogP) is 4.86. The van der Waals surface area contributed by atoms with E-state index >= 15 is 0 Å². The van der Waals surface area contributed by atoms with Crippen LogP contribution < -0.4 is 4.74 Å². The van der Waals surface area contributed by atoms with E-state index < -0.39 is 0 Å². The molecule has 4 rings (SSSR count). The molecule has 2 heteroatoms. The van der Waals surface area contributed by atoms with Crippen molar-refractivity contribution in [1.29, 1.82) is 0 Å². The Balaban J connectivity index is 1.37. The summed E-state index contributed by atoms with van der Waals surface area (Å²) in [5.41, 5.74) is 7.37. The van der Waals surface area contributed by atoms with E-state index in [1.54, 1.807) is 7.11 Å². The fraction of sp³-hybridized carbons (Fsp3) is 0.391. The van der Waals surface area contributed by atoms with Crippen molar-refractivity contribution in [2.24, 2.45) is 0 Å². The van der Waals surface area contributed by atoms with Gasteiger partial charge in [0.2, 0.25) is 0 Å². The number of allylic oxidation sites excluding steroid dienone is 2. The third-order valence-corrected chi connectivity index (χ3v) is 5.61. The second kappa shape index (κ2) is 7.45. The van der Waals surface area contributed by atoms with E-state index in [0.717, 1.165) is 31.6 Å². The molecule has 0 amide bonds. The number of hydrogen-bond donors (Lipinski definition) is 0. The molecule has 0 radical (unpaired) electrons. The second-order valence-corrected chi connectivity index (χ2v) is 7.15.